The van der Waals surface area contributed by atoms with Gasteiger partial charge in [-0.25, -0.2) is 17.1 Å². The summed E-state index contributed by atoms with van der Waals surface area (Å²) in [7, 11) is 0.566. The number of hydrogen-bond donors (Lipinski definition) is 1. The van der Waals surface area contributed by atoms with Gasteiger partial charge < -0.3 is 10.2 Å². The molecule has 1 N–H and O–H groups in total. The Kier molecular flexibility index (Phi) is 7.14. The second kappa shape index (κ2) is 8.92. The van der Waals surface area contributed by atoms with E-state index in [2.05, 4.69) is 5.32 Å². The van der Waals surface area contributed by atoms with Crippen molar-refractivity contribution >= 4 is 15.9 Å². The van der Waals surface area contributed by atoms with Crippen LogP contribution < -0.4 is 5.32 Å². The highest BCUT2D eigenvalue weighted by atomic mass is 32.2. The van der Waals surface area contributed by atoms with Gasteiger partial charge in [-0.2, -0.15) is 0 Å². The van der Waals surface area contributed by atoms with Gasteiger partial charge in [0, 0.05) is 37.7 Å². The first-order valence-corrected chi connectivity index (χ1v) is 10.5. The second-order valence-electron chi connectivity index (χ2n) is 6.96. The molecule has 8 heteroatoms. The number of amides is 1. The summed E-state index contributed by atoms with van der Waals surface area (Å²) in [5.41, 5.74) is 1.45. The van der Waals surface area contributed by atoms with Crippen molar-refractivity contribution < 1.29 is 17.6 Å². The predicted octanol–water partition coefficient (Wildman–Crippen LogP) is 1.57. The molecule has 1 aromatic rings. The highest BCUT2D eigenvalue weighted by Crippen LogP contribution is 2.20. The third kappa shape index (κ3) is 5.49. The van der Waals surface area contributed by atoms with Crippen LogP contribution in [0.1, 0.15) is 30.9 Å². The van der Waals surface area contributed by atoms with Crippen LogP contribution in [0, 0.1) is 11.7 Å². The fraction of sp³-hybridized carbons (Fsp3) is 0.611. The zero-order chi connectivity index (χ0) is 19.3. The minimum absolute atomic E-state index is 0.0722. The van der Waals surface area contributed by atoms with Gasteiger partial charge in [0.1, 0.15) is 5.82 Å². The van der Waals surface area contributed by atoms with Crippen LogP contribution >= 0.6 is 0 Å². The normalized spacial score (nSPS) is 16.8. The largest absolute Gasteiger partial charge is 0.352 e. The maximum Gasteiger partial charge on any atom is 0.223 e. The van der Waals surface area contributed by atoms with Gasteiger partial charge in [0.15, 0.2) is 0 Å². The molecular weight excluding hydrogens is 357 g/mol. The van der Waals surface area contributed by atoms with Gasteiger partial charge in [0.25, 0.3) is 0 Å². The number of halogens is 1. The monoisotopic (exact) mass is 385 g/mol. The average molecular weight is 386 g/mol. The molecule has 26 heavy (non-hydrogen) atoms. The van der Waals surface area contributed by atoms with Crippen molar-refractivity contribution in [3.8, 4) is 0 Å². The summed E-state index contributed by atoms with van der Waals surface area (Å²) in [5.74, 6) is -0.417. The summed E-state index contributed by atoms with van der Waals surface area (Å²) in [6.07, 6.45) is 1.06. The Morgan fingerprint density at radius 3 is 2.54 bits per heavy atom. The van der Waals surface area contributed by atoms with Crippen molar-refractivity contribution in [3.63, 3.8) is 0 Å². The van der Waals surface area contributed by atoms with E-state index in [1.165, 1.54) is 10.4 Å². The molecule has 1 aliphatic rings. The zero-order valence-corrected chi connectivity index (χ0v) is 16.5. The molecule has 1 saturated heterocycles. The highest BCUT2D eigenvalue weighted by molar-refractivity contribution is 7.89. The molecule has 0 atom stereocenters. The Morgan fingerprint density at radius 1 is 1.31 bits per heavy atom. The Hall–Kier alpha value is -1.51. The maximum absolute atomic E-state index is 13.8. The van der Waals surface area contributed by atoms with Crippen molar-refractivity contribution in [1.82, 2.24) is 14.5 Å². The van der Waals surface area contributed by atoms with Gasteiger partial charge in [-0.1, -0.05) is 6.07 Å². The van der Waals surface area contributed by atoms with E-state index >= 15 is 0 Å². The third-order valence-corrected chi connectivity index (χ3v) is 6.53. The highest BCUT2D eigenvalue weighted by Gasteiger charge is 2.29. The van der Waals surface area contributed by atoms with Crippen LogP contribution in [0.4, 0.5) is 4.39 Å². The molecule has 0 unspecified atom stereocenters. The molecule has 1 fully saturated rings. The van der Waals surface area contributed by atoms with Crippen LogP contribution in [-0.2, 0) is 27.9 Å². The molecule has 2 rings (SSSR count). The number of nitrogens with one attached hydrogen (secondary N) is 1. The lowest BCUT2D eigenvalue weighted by atomic mass is 9.97. The number of benzene rings is 1. The lowest BCUT2D eigenvalue weighted by Gasteiger charge is -2.30. The molecule has 0 aliphatic carbocycles. The number of nitrogens with zero attached hydrogens (tertiary/aromatic N) is 2. The Balaban J connectivity index is 1.88. The van der Waals surface area contributed by atoms with Crippen LogP contribution in [-0.4, -0.2) is 56.5 Å². The molecular formula is C18H28FN3O3S. The van der Waals surface area contributed by atoms with E-state index in [4.69, 9.17) is 0 Å². The van der Waals surface area contributed by atoms with Crippen molar-refractivity contribution in [2.45, 2.75) is 32.9 Å². The molecule has 6 nitrogen and oxygen atoms in total. The SMILES string of the molecule is CCS(=O)(=O)N1CCC(C(=O)NCc2ccc(F)c(CN(C)C)c2)CC1. The van der Waals surface area contributed by atoms with Gasteiger partial charge >= 0.3 is 0 Å². The van der Waals surface area contributed by atoms with Crippen LogP contribution in [0.5, 0.6) is 0 Å². The van der Waals surface area contributed by atoms with E-state index in [1.54, 1.807) is 19.1 Å². The number of hydrogen-bond acceptors (Lipinski definition) is 4. The molecule has 0 saturated carbocycles. The topological polar surface area (TPSA) is 69.7 Å². The van der Waals surface area contributed by atoms with E-state index in [1.807, 2.05) is 19.0 Å². The first kappa shape index (κ1) is 20.8. The van der Waals surface area contributed by atoms with E-state index in [0.29, 0.717) is 44.6 Å². The van der Waals surface area contributed by atoms with Gasteiger partial charge in [-0.15, -0.1) is 0 Å². The average Bonchev–Trinajstić information content (AvgIpc) is 2.61. The quantitative estimate of drug-likeness (QED) is 0.773. The Bertz CT molecular complexity index is 729. The lowest BCUT2D eigenvalue weighted by Crippen LogP contribution is -2.43. The van der Waals surface area contributed by atoms with Gasteiger partial charge in [0.2, 0.25) is 15.9 Å². The smallest absolute Gasteiger partial charge is 0.223 e. The fourth-order valence-electron chi connectivity index (χ4n) is 3.11. The number of carbonyl (C=O) groups is 1. The van der Waals surface area contributed by atoms with Crippen LogP contribution in [0.25, 0.3) is 0 Å². The summed E-state index contributed by atoms with van der Waals surface area (Å²) >= 11 is 0. The van der Waals surface area contributed by atoms with E-state index in [-0.39, 0.29) is 23.4 Å². The molecule has 0 spiro atoms. The molecule has 146 valence electrons. The Morgan fingerprint density at radius 2 is 1.96 bits per heavy atom. The Labute approximate surface area is 155 Å². The van der Waals surface area contributed by atoms with Crippen molar-refractivity contribution in [2.75, 3.05) is 32.9 Å². The molecule has 1 aromatic carbocycles. The van der Waals surface area contributed by atoms with Gasteiger partial charge in [-0.05, 0) is 51.6 Å². The standard InChI is InChI=1S/C18H28FN3O3S/c1-4-26(24,25)22-9-7-15(8-10-22)18(23)20-12-14-5-6-17(19)16(11-14)13-21(2)3/h5-6,11,15H,4,7-10,12-13H2,1-3H3,(H,20,23). The predicted molar refractivity (Wildman–Crippen MR) is 99.4 cm³/mol. The fourth-order valence-corrected chi connectivity index (χ4v) is 4.24. The lowest BCUT2D eigenvalue weighted by molar-refractivity contribution is -0.126. The summed E-state index contributed by atoms with van der Waals surface area (Å²) in [5, 5.41) is 2.89. The molecule has 1 amide bonds. The first-order valence-electron chi connectivity index (χ1n) is 8.90. The van der Waals surface area contributed by atoms with E-state index in [9.17, 15) is 17.6 Å². The number of carbonyl (C=O) groups excluding carboxylic acids is 1. The summed E-state index contributed by atoms with van der Waals surface area (Å²) < 4.78 is 39.0. The van der Waals surface area contributed by atoms with Gasteiger partial charge in [-0.3, -0.25) is 4.79 Å². The van der Waals surface area contributed by atoms with Crippen LogP contribution in [0.15, 0.2) is 18.2 Å². The number of piperidine rings is 1. The number of sulfonamides is 1. The van der Waals surface area contributed by atoms with Crippen molar-refractivity contribution in [1.29, 1.82) is 0 Å². The second-order valence-corrected chi connectivity index (χ2v) is 9.21. The first-order chi connectivity index (χ1) is 12.2. The van der Waals surface area contributed by atoms with E-state index < -0.39 is 10.0 Å². The van der Waals surface area contributed by atoms with Gasteiger partial charge in [0.05, 0.1) is 5.75 Å². The summed E-state index contributed by atoms with van der Waals surface area (Å²) in [6.45, 7) is 3.24. The van der Waals surface area contributed by atoms with Crippen LogP contribution in [0.3, 0.4) is 0 Å². The number of rotatable bonds is 7. The minimum atomic E-state index is -3.18. The van der Waals surface area contributed by atoms with E-state index in [0.717, 1.165) is 5.56 Å². The molecule has 0 aromatic heterocycles. The minimum Gasteiger partial charge on any atom is -0.352 e. The molecule has 0 radical (unpaired) electrons. The van der Waals surface area contributed by atoms with Crippen molar-refractivity contribution in [3.05, 3.63) is 35.1 Å². The maximum atomic E-state index is 13.8. The van der Waals surface area contributed by atoms with Crippen LogP contribution in [0.2, 0.25) is 0 Å². The molecule has 1 heterocycles. The zero-order valence-electron chi connectivity index (χ0n) is 15.7. The summed E-state index contributed by atoms with van der Waals surface area (Å²) in [4.78, 5) is 14.3. The summed E-state index contributed by atoms with van der Waals surface area (Å²) in [6, 6.07) is 4.87. The third-order valence-electron chi connectivity index (χ3n) is 4.65. The van der Waals surface area contributed by atoms with Crippen molar-refractivity contribution in [2.24, 2.45) is 5.92 Å². The molecule has 0 bridgehead atoms. The molecule has 1 aliphatic heterocycles.